The zero-order valence-electron chi connectivity index (χ0n) is 20.2. The smallest absolute Gasteiger partial charge is 0.443 e. The van der Waals surface area contributed by atoms with Crippen molar-refractivity contribution in [3.8, 4) is 0 Å². The van der Waals surface area contributed by atoms with Crippen LogP contribution in [-0.4, -0.2) is 54.8 Å². The molecule has 3 heterocycles. The number of hydrogen-bond donors (Lipinski definition) is 3. The average molecular weight is 565 g/mol. The van der Waals surface area contributed by atoms with Gasteiger partial charge in [-0.05, 0) is 32.6 Å². The maximum absolute atomic E-state index is 15.1. The molecule has 1 amide bonds. The molecule has 0 unspecified atom stereocenters. The first-order valence-corrected chi connectivity index (χ1v) is 11.8. The molecule has 3 N–H and O–H groups in total. The second-order valence-electron chi connectivity index (χ2n) is 9.74. The molecule has 0 radical (unpaired) electrons. The van der Waals surface area contributed by atoms with E-state index in [-0.39, 0.29) is 23.7 Å². The van der Waals surface area contributed by atoms with E-state index in [1.54, 1.807) is 0 Å². The van der Waals surface area contributed by atoms with E-state index in [1.807, 2.05) is 6.92 Å². The molecule has 2 fully saturated rings. The van der Waals surface area contributed by atoms with E-state index < -0.39 is 60.3 Å². The molecule has 3 aromatic heterocycles. The minimum Gasteiger partial charge on any atom is -0.443 e. The highest BCUT2D eigenvalue weighted by Crippen LogP contribution is 2.40. The number of alkyl halides is 7. The van der Waals surface area contributed by atoms with Gasteiger partial charge in [0.2, 0.25) is 5.95 Å². The van der Waals surface area contributed by atoms with Crippen molar-refractivity contribution in [2.75, 3.05) is 5.32 Å². The monoisotopic (exact) mass is 565 g/mol. The number of amides is 1. The molecule has 5 rings (SSSR count). The van der Waals surface area contributed by atoms with Crippen LogP contribution >= 0.6 is 0 Å². The van der Waals surface area contributed by atoms with Crippen molar-refractivity contribution in [2.45, 2.75) is 75.5 Å². The van der Waals surface area contributed by atoms with E-state index >= 15 is 4.39 Å². The highest BCUT2D eigenvalue weighted by atomic mass is 19.4. The first kappa shape index (κ1) is 27.0. The van der Waals surface area contributed by atoms with Crippen LogP contribution in [0.3, 0.4) is 0 Å². The number of carbonyl (C=O) groups is 1. The van der Waals surface area contributed by atoms with E-state index in [2.05, 4.69) is 35.5 Å². The van der Waals surface area contributed by atoms with Crippen molar-refractivity contribution < 1.29 is 45.0 Å². The molecular formula is C22H22F7N7O3. The van der Waals surface area contributed by atoms with E-state index in [9.17, 15) is 31.1 Å². The molecule has 2 aliphatic rings. The lowest BCUT2D eigenvalue weighted by Gasteiger charge is -2.19. The molecule has 0 saturated heterocycles. The normalized spacial score (nSPS) is 22.7. The summed E-state index contributed by atoms with van der Waals surface area (Å²) in [4.78, 5) is 19.4. The number of aromatic amines is 1. The summed E-state index contributed by atoms with van der Waals surface area (Å²) in [5, 5.41) is 12.0. The van der Waals surface area contributed by atoms with Gasteiger partial charge in [-0.1, -0.05) is 0 Å². The molecule has 3 aromatic rings. The van der Waals surface area contributed by atoms with Crippen LogP contribution in [0, 0.1) is 0 Å². The standard InChI is InChI=1S/C22H22F7N7O3/c1-20(4-5-20)33-19(37)39-14-3-2-11(16(14)23)13-6-15(35-34-13)32-18-30-7-12(21(24,25)26)17-31-10(8-36(17)18)9-38-22(27,28)29/h6-8,11,14,16H,2-5,9H2,1H3,(H,33,37)(H2,30,32,34,35)/t11-,14-,16+/m1/s1. The summed E-state index contributed by atoms with van der Waals surface area (Å²) in [6.45, 7) is 0.743. The first-order valence-electron chi connectivity index (χ1n) is 11.8. The summed E-state index contributed by atoms with van der Waals surface area (Å²) in [5.74, 6) is -0.880. The molecule has 0 bridgehead atoms. The maximum atomic E-state index is 15.1. The minimum atomic E-state index is -5.01. The number of rotatable bonds is 7. The van der Waals surface area contributed by atoms with Crippen LogP contribution in [0.25, 0.3) is 5.65 Å². The van der Waals surface area contributed by atoms with Crippen molar-refractivity contribution in [3.63, 3.8) is 0 Å². The van der Waals surface area contributed by atoms with Gasteiger partial charge in [-0.15, -0.1) is 13.2 Å². The van der Waals surface area contributed by atoms with Gasteiger partial charge in [0.15, 0.2) is 11.5 Å². The summed E-state index contributed by atoms with van der Waals surface area (Å²) < 4.78 is 102. The van der Waals surface area contributed by atoms with Gasteiger partial charge in [-0.2, -0.15) is 18.3 Å². The quantitative estimate of drug-likeness (QED) is 0.341. The highest BCUT2D eigenvalue weighted by molar-refractivity contribution is 5.69. The van der Waals surface area contributed by atoms with Gasteiger partial charge < -0.3 is 15.4 Å². The van der Waals surface area contributed by atoms with Crippen molar-refractivity contribution in [3.05, 3.63) is 35.4 Å². The van der Waals surface area contributed by atoms with Crippen LogP contribution in [-0.2, 0) is 22.3 Å². The Morgan fingerprint density at radius 3 is 2.64 bits per heavy atom. The lowest BCUT2D eigenvalue weighted by atomic mass is 10.0. The van der Waals surface area contributed by atoms with E-state index in [0.29, 0.717) is 18.3 Å². The van der Waals surface area contributed by atoms with Crippen LogP contribution in [0.4, 0.5) is 47.3 Å². The van der Waals surface area contributed by atoms with Gasteiger partial charge in [0, 0.05) is 35.6 Å². The maximum Gasteiger partial charge on any atom is 0.522 e. The average Bonchev–Trinajstić information content (AvgIpc) is 3.19. The summed E-state index contributed by atoms with van der Waals surface area (Å²) in [6.07, 6.45) is -9.42. The number of imidazole rings is 1. The van der Waals surface area contributed by atoms with Gasteiger partial charge in [-0.25, -0.2) is 19.2 Å². The number of nitrogens with one attached hydrogen (secondary N) is 3. The number of anilines is 2. The Morgan fingerprint density at radius 1 is 1.23 bits per heavy atom. The van der Waals surface area contributed by atoms with Crippen LogP contribution in [0.1, 0.15) is 55.5 Å². The molecule has 2 saturated carbocycles. The number of H-pyrrole nitrogens is 1. The highest BCUT2D eigenvalue weighted by Gasteiger charge is 2.43. The SMILES string of the molecule is CC1(NC(=O)O[C@@H]2CC[C@H](c3cc(Nc4ncc(C(F)(F)F)c5nc(COC(F)(F)F)cn45)n[nH]3)[C@@H]2F)CC1. The molecule has 39 heavy (non-hydrogen) atoms. The number of nitrogens with zero attached hydrogens (tertiary/aromatic N) is 4. The molecule has 212 valence electrons. The van der Waals surface area contributed by atoms with Crippen LogP contribution in [0.5, 0.6) is 0 Å². The Hall–Kier alpha value is -3.63. The largest absolute Gasteiger partial charge is 0.522 e. The van der Waals surface area contributed by atoms with Crippen molar-refractivity contribution in [1.29, 1.82) is 0 Å². The first-order chi connectivity index (χ1) is 18.2. The van der Waals surface area contributed by atoms with Crippen LogP contribution in [0.2, 0.25) is 0 Å². The summed E-state index contributed by atoms with van der Waals surface area (Å²) >= 11 is 0. The van der Waals surface area contributed by atoms with Gasteiger partial charge in [0.05, 0.1) is 12.3 Å². The van der Waals surface area contributed by atoms with Gasteiger partial charge in [0.1, 0.15) is 17.8 Å². The van der Waals surface area contributed by atoms with Crippen LogP contribution in [0.15, 0.2) is 18.5 Å². The van der Waals surface area contributed by atoms with E-state index in [0.717, 1.165) is 23.4 Å². The van der Waals surface area contributed by atoms with Crippen molar-refractivity contribution >= 4 is 23.5 Å². The molecule has 0 aromatic carbocycles. The predicted molar refractivity (Wildman–Crippen MR) is 119 cm³/mol. The molecule has 17 heteroatoms. The fraction of sp³-hybridized carbons (Fsp3) is 0.545. The lowest BCUT2D eigenvalue weighted by Crippen LogP contribution is -2.38. The number of fused-ring (bicyclic) bond motifs is 1. The molecule has 0 spiro atoms. The van der Waals surface area contributed by atoms with Gasteiger partial charge in [-0.3, -0.25) is 14.2 Å². The molecule has 2 aliphatic carbocycles. The molecule has 3 atom stereocenters. The number of alkyl carbamates (subject to hydrolysis) is 1. The molecule has 10 nitrogen and oxygen atoms in total. The lowest BCUT2D eigenvalue weighted by molar-refractivity contribution is -0.330. The van der Waals surface area contributed by atoms with E-state index in [4.69, 9.17) is 4.74 Å². The summed E-state index contributed by atoms with van der Waals surface area (Å²) in [6, 6.07) is 1.42. The third-order valence-corrected chi connectivity index (χ3v) is 6.63. The zero-order chi connectivity index (χ0) is 28.2. The Kier molecular flexibility index (Phi) is 6.59. The molecule has 0 aliphatic heterocycles. The number of carbonyl (C=O) groups excluding carboxylic acids is 1. The van der Waals surface area contributed by atoms with Crippen molar-refractivity contribution in [2.24, 2.45) is 0 Å². The summed E-state index contributed by atoms with van der Waals surface area (Å²) in [7, 11) is 0. The van der Waals surface area contributed by atoms with Crippen LogP contribution < -0.4 is 10.6 Å². The number of hydrogen-bond acceptors (Lipinski definition) is 7. The van der Waals surface area contributed by atoms with Gasteiger partial charge >= 0.3 is 18.6 Å². The van der Waals surface area contributed by atoms with E-state index in [1.165, 1.54) is 6.07 Å². The summed E-state index contributed by atoms with van der Waals surface area (Å²) in [5.41, 5.74) is -2.36. The number of ether oxygens (including phenoxy) is 2. The Bertz CT molecular complexity index is 1370. The molecular weight excluding hydrogens is 543 g/mol. The van der Waals surface area contributed by atoms with Gasteiger partial charge in [0.25, 0.3) is 0 Å². The predicted octanol–water partition coefficient (Wildman–Crippen LogP) is 5.11. The fourth-order valence-electron chi connectivity index (χ4n) is 4.35. The second kappa shape index (κ2) is 9.53. The Morgan fingerprint density at radius 2 is 1.97 bits per heavy atom. The Balaban J connectivity index is 1.31. The topological polar surface area (TPSA) is 118 Å². The second-order valence-corrected chi connectivity index (χ2v) is 9.74. The Labute approximate surface area is 215 Å². The van der Waals surface area contributed by atoms with Crippen molar-refractivity contribution in [1.82, 2.24) is 29.9 Å². The third-order valence-electron chi connectivity index (χ3n) is 6.63. The fourth-order valence-corrected chi connectivity index (χ4v) is 4.35. The third kappa shape index (κ3) is 6.02. The number of aromatic nitrogens is 5. The zero-order valence-corrected chi connectivity index (χ0v) is 20.2. The number of halogens is 7. The minimum absolute atomic E-state index is 0.0521.